The van der Waals surface area contributed by atoms with E-state index >= 15 is 0 Å². The van der Waals surface area contributed by atoms with E-state index in [1.54, 1.807) is 0 Å². The van der Waals surface area contributed by atoms with Crippen LogP contribution in [0.25, 0.3) is 0 Å². The number of benzene rings is 1. The lowest BCUT2D eigenvalue weighted by molar-refractivity contribution is -0.393. The molecule has 6 aliphatic heterocycles. The number of aliphatic hydroxyl groups excluding tert-OH is 17. The van der Waals surface area contributed by atoms with Crippen LogP contribution in [0.15, 0.2) is 24.3 Å². The molecule has 0 aliphatic carbocycles. The Labute approximate surface area is 529 Å². The van der Waals surface area contributed by atoms with E-state index in [1.807, 2.05) is 0 Å². The highest BCUT2D eigenvalue weighted by atomic mass is 16.8. The average Bonchev–Trinajstić information content (AvgIpc) is 0.785. The number of ether oxygens (including phenoxy) is 13. The smallest absolute Gasteiger partial charge is 0.311 e. The van der Waals surface area contributed by atoms with Crippen molar-refractivity contribution < 1.29 is 168 Å². The molecule has 93 heavy (non-hydrogen) atoms. The third-order valence-corrected chi connectivity index (χ3v) is 16.5. The molecule has 6 saturated heterocycles. The van der Waals surface area contributed by atoms with E-state index < -0.39 is 234 Å². The minimum Gasteiger partial charge on any atom is -0.427 e. The Morgan fingerprint density at radius 1 is 0.473 bits per heavy atom. The summed E-state index contributed by atoms with van der Waals surface area (Å²) in [6.45, 7) is -2.36. The Morgan fingerprint density at radius 3 is 1.53 bits per heavy atom. The molecule has 6 fully saturated rings. The lowest BCUT2D eigenvalue weighted by Gasteiger charge is -2.51. The predicted molar refractivity (Wildman–Crippen MR) is 297 cm³/mol. The van der Waals surface area contributed by atoms with Crippen LogP contribution in [0.4, 0.5) is 5.69 Å². The van der Waals surface area contributed by atoms with E-state index in [0.717, 1.165) is 6.92 Å². The largest absolute Gasteiger partial charge is 0.427 e. The molecule has 0 radical (unpaired) electrons. The van der Waals surface area contributed by atoms with Crippen molar-refractivity contribution in [2.75, 3.05) is 46.2 Å². The summed E-state index contributed by atoms with van der Waals surface area (Å²) in [4.78, 5) is 47.5. The highest BCUT2D eigenvalue weighted by molar-refractivity contribution is 5.76. The maximum atomic E-state index is 12.9. The predicted octanol–water partition coefficient (Wildman–Crippen LogP) is -9.54. The van der Waals surface area contributed by atoms with Crippen LogP contribution < -0.4 is 15.4 Å². The molecule has 30 atom stereocenters. The first-order valence-electron chi connectivity index (χ1n) is 30.3. The quantitative estimate of drug-likeness (QED) is 0.0112. The van der Waals surface area contributed by atoms with Gasteiger partial charge in [-0.15, -0.1) is 0 Å². The summed E-state index contributed by atoms with van der Waals surface area (Å²) in [5.41, 5.74) is -0.154. The zero-order valence-corrected chi connectivity index (χ0v) is 50.4. The molecule has 0 aromatic heterocycles. The lowest BCUT2D eigenvalue weighted by atomic mass is 9.94. The van der Waals surface area contributed by atoms with Gasteiger partial charge in [-0.2, -0.15) is 0 Å². The maximum absolute atomic E-state index is 12.9. The summed E-state index contributed by atoms with van der Waals surface area (Å²) < 4.78 is 74.7. The van der Waals surface area contributed by atoms with Crippen LogP contribution in [-0.2, 0) is 71.2 Å². The molecule has 0 bridgehead atoms. The van der Waals surface area contributed by atoms with Crippen molar-refractivity contribution in [1.29, 1.82) is 0 Å². The van der Waals surface area contributed by atoms with Gasteiger partial charge in [0.2, 0.25) is 11.8 Å². The number of rotatable bonds is 30. The number of nitrogens with one attached hydrogen (secondary N) is 2. The first kappa shape index (κ1) is 76.2. The maximum Gasteiger partial charge on any atom is 0.311 e. The molecule has 7 rings (SSSR count). The second-order valence-corrected chi connectivity index (χ2v) is 23.2. The number of hydrogen-bond acceptors (Lipinski definition) is 35. The molecule has 0 spiro atoms. The Balaban J connectivity index is 0.921. The second-order valence-electron chi connectivity index (χ2n) is 23.2. The third-order valence-electron chi connectivity index (χ3n) is 16.5. The van der Waals surface area contributed by atoms with Crippen molar-refractivity contribution in [1.82, 2.24) is 10.6 Å². The van der Waals surface area contributed by atoms with Crippen molar-refractivity contribution in [3.63, 3.8) is 0 Å². The van der Waals surface area contributed by atoms with E-state index in [2.05, 4.69) is 10.6 Å². The minimum atomic E-state index is -2.25. The number of nitro benzene ring substituents is 1. The number of amides is 2. The molecular formula is C55H87N3O35. The molecule has 2 amide bonds. The van der Waals surface area contributed by atoms with Gasteiger partial charge in [0.05, 0.1) is 44.1 Å². The number of hydrogen-bond donors (Lipinski definition) is 19. The van der Waals surface area contributed by atoms with Crippen molar-refractivity contribution in [3.05, 3.63) is 34.4 Å². The number of carbonyl (C=O) groups excluding carboxylic acids is 3. The van der Waals surface area contributed by atoms with Crippen LogP contribution in [0, 0.1) is 10.1 Å². The highest BCUT2D eigenvalue weighted by Gasteiger charge is 2.58. The van der Waals surface area contributed by atoms with Gasteiger partial charge in [-0.3, -0.25) is 24.5 Å². The summed E-state index contributed by atoms with van der Waals surface area (Å²) in [6.07, 6.45) is -52.1. The highest BCUT2D eigenvalue weighted by Crippen LogP contribution is 2.38. The van der Waals surface area contributed by atoms with Crippen LogP contribution in [0.5, 0.6) is 5.75 Å². The molecule has 0 saturated carbocycles. The monoisotopic (exact) mass is 1350 g/mol. The summed E-state index contributed by atoms with van der Waals surface area (Å²) in [7, 11) is 0. The van der Waals surface area contributed by atoms with E-state index in [0.29, 0.717) is 38.6 Å². The number of carbonyl (C=O) groups is 3. The fraction of sp³-hybridized carbons (Fsp3) is 0.836. The summed E-state index contributed by atoms with van der Waals surface area (Å²) in [6, 6.07) is 3.21. The number of unbranched alkanes of at least 4 members (excludes halogenated alkanes) is 3. The van der Waals surface area contributed by atoms with Gasteiger partial charge in [0.1, 0.15) is 146 Å². The van der Waals surface area contributed by atoms with Gasteiger partial charge in [0.15, 0.2) is 37.7 Å². The third kappa shape index (κ3) is 19.0. The SMILES string of the molecule is CC(=O)N[C@H]1C(O[C@@H]2OC(CO)[C@H](O)C(O)[C@@H]2O[C@@H]2OC(C)C(O)[C@H](O)[C@@H]2O)[C@@H](O)C(CO)O[C@H]1O[C@@H]1C(O)[C@@H](O[C@H]2C(CO)O[C@@H](O[C@@H]3C(CO)O[C@@H](OCCCCCNC(=O)CCCCC(=O)Oc4ccc([N+](=O)[O-])cc4)C(O)[C@H]3O)[C@@H](O)C2O)OC(CO)[C@@H]1O. The fourth-order valence-corrected chi connectivity index (χ4v) is 11.3. The summed E-state index contributed by atoms with van der Waals surface area (Å²) in [5, 5.41) is 202. The number of esters is 1. The molecule has 6 aliphatic rings. The number of aliphatic hydroxyl groups is 17. The van der Waals surface area contributed by atoms with Crippen LogP contribution in [0.1, 0.15) is 58.8 Å². The van der Waals surface area contributed by atoms with Gasteiger partial charge in [0.25, 0.3) is 5.69 Å². The van der Waals surface area contributed by atoms with E-state index in [-0.39, 0.29) is 36.8 Å². The van der Waals surface area contributed by atoms with Crippen molar-refractivity contribution in [2.24, 2.45) is 0 Å². The van der Waals surface area contributed by atoms with Gasteiger partial charge >= 0.3 is 5.97 Å². The van der Waals surface area contributed by atoms with Gasteiger partial charge in [-0.1, -0.05) is 0 Å². The zero-order chi connectivity index (χ0) is 68.1. The van der Waals surface area contributed by atoms with Gasteiger partial charge < -0.3 is 159 Å². The van der Waals surface area contributed by atoms with Crippen LogP contribution in [0.3, 0.4) is 0 Å². The summed E-state index contributed by atoms with van der Waals surface area (Å²) in [5.74, 6) is -1.53. The Hall–Kier alpha value is -4.13. The van der Waals surface area contributed by atoms with E-state index in [9.17, 15) is 111 Å². The van der Waals surface area contributed by atoms with Crippen molar-refractivity contribution in [3.8, 4) is 5.75 Å². The Morgan fingerprint density at radius 2 is 0.935 bits per heavy atom. The topological polar surface area (TPSA) is 582 Å². The van der Waals surface area contributed by atoms with Crippen molar-refractivity contribution in [2.45, 2.75) is 243 Å². The molecule has 38 nitrogen and oxygen atoms in total. The van der Waals surface area contributed by atoms with Crippen molar-refractivity contribution >= 4 is 23.5 Å². The minimum absolute atomic E-state index is 0.0234. The standard InChI is InChI=1S/C55H87N3O35/c1-21-33(67)37(71)41(75)52(82-21)93-49-38(72)34(68)25(16-59)86-55(49)91-47-32(57-22(2)64)50(84-26(17-60)35(47)69)92-48-36(70)27(18-61)85-54(44(48)78)90-46-29(20-63)88-53(43(77)40(46)74)89-45-28(19-62)87-51(42(76)39(45)73)81-15-7-3-6-14-56-30(65)8-4-5-9-31(66)83-24-12-10-23(11-13-24)58(79)80/h10-13,21,25-29,32-55,59-63,67-78H,3-9,14-20H2,1-2H3,(H,56,65)(H,57,64)/t21?,25?,26?,27?,28?,29?,32-,33?,34-,35-,36-,37-,38?,39+,40?,41-,42?,43-,44?,45+,46-,47?,48-,49-,50-,51+,52-,53-,54+,55-/m0/s1. The Kier molecular flexibility index (Phi) is 29.0. The number of nitrogens with zero attached hydrogens (tertiary/aromatic N) is 1. The molecule has 19 N–H and O–H groups in total. The van der Waals surface area contributed by atoms with E-state index in [4.69, 9.17) is 61.6 Å². The second kappa shape index (κ2) is 35.4. The molecule has 6 heterocycles. The molecule has 1 aromatic carbocycles. The lowest BCUT2D eigenvalue weighted by Crippen LogP contribution is -2.70. The average molecular weight is 1350 g/mol. The number of non-ortho nitro benzene ring substituents is 1. The number of nitro groups is 1. The first-order valence-corrected chi connectivity index (χ1v) is 30.3. The van der Waals surface area contributed by atoms with Gasteiger partial charge in [-0.25, -0.2) is 0 Å². The molecular weight excluding hydrogens is 1260 g/mol. The van der Waals surface area contributed by atoms with Crippen LogP contribution in [0.2, 0.25) is 0 Å². The summed E-state index contributed by atoms with van der Waals surface area (Å²) >= 11 is 0. The van der Waals surface area contributed by atoms with E-state index in [1.165, 1.54) is 31.2 Å². The van der Waals surface area contributed by atoms with Crippen LogP contribution >= 0.6 is 0 Å². The zero-order valence-electron chi connectivity index (χ0n) is 50.4. The Bertz CT molecular complexity index is 2480. The fourth-order valence-electron chi connectivity index (χ4n) is 11.3. The molecule has 532 valence electrons. The normalized spacial score (nSPS) is 41.5. The first-order chi connectivity index (χ1) is 44.3. The van der Waals surface area contributed by atoms with Crippen LogP contribution in [-0.4, -0.2) is 340 Å². The molecule has 1 aromatic rings. The molecule has 38 heteroatoms. The van der Waals surface area contributed by atoms with Gasteiger partial charge in [0, 0.05) is 45.0 Å². The molecule has 12 unspecified atom stereocenters. The van der Waals surface area contributed by atoms with Gasteiger partial charge in [-0.05, 0) is 51.2 Å².